The highest BCUT2D eigenvalue weighted by molar-refractivity contribution is 6.03. The van der Waals surface area contributed by atoms with Crippen molar-refractivity contribution >= 4 is 17.3 Å². The highest BCUT2D eigenvalue weighted by Crippen LogP contribution is 2.16. The van der Waals surface area contributed by atoms with E-state index in [1.54, 1.807) is 12.3 Å². The van der Waals surface area contributed by atoms with E-state index in [0.29, 0.717) is 12.2 Å². The molecule has 0 radical (unpaired) electrons. The number of nitrogens with zero attached hydrogens (tertiary/aromatic N) is 1. The lowest BCUT2D eigenvalue weighted by molar-refractivity contribution is 0.102. The normalized spacial score (nSPS) is 10.4. The summed E-state index contributed by atoms with van der Waals surface area (Å²) in [6.07, 6.45) is 1.65. The topological polar surface area (TPSA) is 54.0 Å². The van der Waals surface area contributed by atoms with E-state index in [4.69, 9.17) is 0 Å². The van der Waals surface area contributed by atoms with Gasteiger partial charge in [-0.1, -0.05) is 30.3 Å². The van der Waals surface area contributed by atoms with Crippen LogP contribution in [0, 0.1) is 20.8 Å². The van der Waals surface area contributed by atoms with Crippen molar-refractivity contribution in [1.82, 2.24) is 4.98 Å². The second kappa shape index (κ2) is 7.83. The molecule has 0 aliphatic carbocycles. The molecule has 2 N–H and O–H groups in total. The summed E-state index contributed by atoms with van der Waals surface area (Å²) < 4.78 is 0. The Morgan fingerprint density at radius 2 is 1.69 bits per heavy atom. The number of hydrogen-bond acceptors (Lipinski definition) is 3. The first-order valence-corrected chi connectivity index (χ1v) is 8.66. The molecular formula is C22H23N3O. The van der Waals surface area contributed by atoms with Crippen molar-refractivity contribution in [2.24, 2.45) is 0 Å². The maximum atomic E-state index is 12.5. The summed E-state index contributed by atoms with van der Waals surface area (Å²) in [4.78, 5) is 16.7. The largest absolute Gasteiger partial charge is 0.381 e. The minimum Gasteiger partial charge on any atom is -0.381 e. The molecule has 3 rings (SSSR count). The van der Waals surface area contributed by atoms with Gasteiger partial charge < -0.3 is 10.6 Å². The fourth-order valence-electron chi connectivity index (χ4n) is 2.68. The van der Waals surface area contributed by atoms with Gasteiger partial charge in [0.2, 0.25) is 0 Å². The van der Waals surface area contributed by atoms with Gasteiger partial charge in [0.15, 0.2) is 0 Å². The summed E-state index contributed by atoms with van der Waals surface area (Å²) in [5.41, 5.74) is 6.84. The van der Waals surface area contributed by atoms with E-state index in [0.717, 1.165) is 16.9 Å². The predicted molar refractivity (Wildman–Crippen MR) is 107 cm³/mol. The number of amides is 1. The molecule has 26 heavy (non-hydrogen) atoms. The number of carbonyl (C=O) groups is 1. The summed E-state index contributed by atoms with van der Waals surface area (Å²) in [5, 5.41) is 6.26. The number of aryl methyl sites for hydroxylation is 3. The minimum atomic E-state index is -0.215. The fourth-order valence-corrected chi connectivity index (χ4v) is 2.68. The lowest BCUT2D eigenvalue weighted by Crippen LogP contribution is -2.14. The van der Waals surface area contributed by atoms with Crippen molar-refractivity contribution in [3.05, 3.63) is 88.7 Å². The van der Waals surface area contributed by atoms with Crippen molar-refractivity contribution in [2.45, 2.75) is 27.3 Å². The molecule has 0 unspecified atom stereocenters. The van der Waals surface area contributed by atoms with Crippen LogP contribution < -0.4 is 10.6 Å². The molecule has 4 nitrogen and oxygen atoms in total. The zero-order chi connectivity index (χ0) is 18.5. The Morgan fingerprint density at radius 3 is 2.46 bits per heavy atom. The van der Waals surface area contributed by atoms with E-state index in [-0.39, 0.29) is 5.91 Å². The fraction of sp³-hybridized carbons (Fsp3) is 0.182. The van der Waals surface area contributed by atoms with E-state index in [1.165, 1.54) is 16.7 Å². The van der Waals surface area contributed by atoms with Crippen LogP contribution in [-0.4, -0.2) is 10.9 Å². The third kappa shape index (κ3) is 4.28. The SMILES string of the molecule is Cc1ccc(NC(=O)c2cc(NCc3ccccc3C)ccn2)cc1C. The van der Waals surface area contributed by atoms with Crippen LogP contribution >= 0.6 is 0 Å². The zero-order valence-corrected chi connectivity index (χ0v) is 15.3. The van der Waals surface area contributed by atoms with Crippen LogP contribution in [0.5, 0.6) is 0 Å². The van der Waals surface area contributed by atoms with E-state index < -0.39 is 0 Å². The van der Waals surface area contributed by atoms with Crippen molar-refractivity contribution in [3.63, 3.8) is 0 Å². The molecule has 0 atom stereocenters. The van der Waals surface area contributed by atoms with E-state index in [2.05, 4.69) is 34.7 Å². The molecule has 1 heterocycles. The Balaban J connectivity index is 1.69. The van der Waals surface area contributed by atoms with Crippen LogP contribution in [-0.2, 0) is 6.54 Å². The molecule has 1 amide bonds. The Labute approximate surface area is 154 Å². The molecule has 1 aromatic heterocycles. The van der Waals surface area contributed by atoms with Gasteiger partial charge in [0.05, 0.1) is 0 Å². The minimum absolute atomic E-state index is 0.215. The highest BCUT2D eigenvalue weighted by atomic mass is 16.1. The quantitative estimate of drug-likeness (QED) is 0.693. The van der Waals surface area contributed by atoms with E-state index in [1.807, 2.05) is 50.2 Å². The average Bonchev–Trinajstić information content (AvgIpc) is 2.64. The number of carbonyl (C=O) groups excluding carboxylic acids is 1. The maximum absolute atomic E-state index is 12.5. The third-order valence-electron chi connectivity index (χ3n) is 4.50. The molecular weight excluding hydrogens is 322 g/mol. The average molecular weight is 345 g/mol. The summed E-state index contributed by atoms with van der Waals surface area (Å²) in [6, 6.07) is 17.7. The molecule has 0 saturated heterocycles. The first-order valence-electron chi connectivity index (χ1n) is 8.66. The monoisotopic (exact) mass is 345 g/mol. The number of rotatable bonds is 5. The first-order chi connectivity index (χ1) is 12.5. The molecule has 0 spiro atoms. The zero-order valence-electron chi connectivity index (χ0n) is 15.3. The van der Waals surface area contributed by atoms with E-state index in [9.17, 15) is 4.79 Å². The van der Waals surface area contributed by atoms with Crippen LogP contribution in [0.25, 0.3) is 0 Å². The standard InChI is InChI=1S/C22H23N3O/c1-15-8-9-20(12-17(15)3)25-22(26)21-13-19(10-11-23-21)24-14-18-7-5-4-6-16(18)2/h4-13H,14H2,1-3H3,(H,23,24)(H,25,26). The summed E-state index contributed by atoms with van der Waals surface area (Å²) >= 11 is 0. The second-order valence-corrected chi connectivity index (χ2v) is 6.46. The maximum Gasteiger partial charge on any atom is 0.274 e. The van der Waals surface area contributed by atoms with Crippen molar-refractivity contribution in [2.75, 3.05) is 10.6 Å². The van der Waals surface area contributed by atoms with Crippen LogP contribution in [0.2, 0.25) is 0 Å². The Hall–Kier alpha value is -3.14. The highest BCUT2D eigenvalue weighted by Gasteiger charge is 2.09. The molecule has 0 fully saturated rings. The van der Waals surface area contributed by atoms with Gasteiger partial charge in [-0.25, -0.2) is 0 Å². The van der Waals surface area contributed by atoms with Gasteiger partial charge in [-0.15, -0.1) is 0 Å². The summed E-state index contributed by atoms with van der Waals surface area (Å²) in [5.74, 6) is -0.215. The number of pyridine rings is 1. The number of anilines is 2. The van der Waals surface area contributed by atoms with Crippen LogP contribution in [0.1, 0.15) is 32.7 Å². The first kappa shape index (κ1) is 17.7. The predicted octanol–water partition coefficient (Wildman–Crippen LogP) is 4.87. The van der Waals surface area contributed by atoms with E-state index >= 15 is 0 Å². The lowest BCUT2D eigenvalue weighted by Gasteiger charge is -2.11. The molecule has 4 heteroatoms. The molecule has 2 aromatic carbocycles. The van der Waals surface area contributed by atoms with Gasteiger partial charge in [-0.3, -0.25) is 9.78 Å². The molecule has 0 aliphatic rings. The number of aromatic nitrogens is 1. The number of nitrogens with one attached hydrogen (secondary N) is 2. The van der Waals surface area contributed by atoms with Gasteiger partial charge in [0, 0.05) is 24.1 Å². The van der Waals surface area contributed by atoms with Crippen molar-refractivity contribution < 1.29 is 4.79 Å². The van der Waals surface area contributed by atoms with Crippen molar-refractivity contribution in [1.29, 1.82) is 0 Å². The van der Waals surface area contributed by atoms with Crippen LogP contribution in [0.3, 0.4) is 0 Å². The smallest absolute Gasteiger partial charge is 0.274 e. The molecule has 0 bridgehead atoms. The van der Waals surface area contributed by atoms with Gasteiger partial charge in [-0.2, -0.15) is 0 Å². The van der Waals surface area contributed by atoms with Crippen LogP contribution in [0.4, 0.5) is 11.4 Å². The molecule has 0 aliphatic heterocycles. The van der Waals surface area contributed by atoms with Crippen molar-refractivity contribution in [3.8, 4) is 0 Å². The molecule has 0 saturated carbocycles. The second-order valence-electron chi connectivity index (χ2n) is 6.46. The van der Waals surface area contributed by atoms with Crippen LogP contribution in [0.15, 0.2) is 60.8 Å². The van der Waals surface area contributed by atoms with Gasteiger partial charge >= 0.3 is 0 Å². The molecule has 132 valence electrons. The lowest BCUT2D eigenvalue weighted by atomic mass is 10.1. The Kier molecular flexibility index (Phi) is 5.32. The Morgan fingerprint density at radius 1 is 0.885 bits per heavy atom. The summed E-state index contributed by atoms with van der Waals surface area (Å²) in [7, 11) is 0. The Bertz CT molecular complexity index is 934. The summed E-state index contributed by atoms with van der Waals surface area (Å²) in [6.45, 7) is 6.87. The van der Waals surface area contributed by atoms with Gasteiger partial charge in [-0.05, 0) is 67.3 Å². The number of benzene rings is 2. The van der Waals surface area contributed by atoms with Gasteiger partial charge in [0.1, 0.15) is 5.69 Å². The number of hydrogen-bond donors (Lipinski definition) is 2. The molecule has 3 aromatic rings. The third-order valence-corrected chi connectivity index (χ3v) is 4.50. The van der Waals surface area contributed by atoms with Gasteiger partial charge in [0.25, 0.3) is 5.91 Å².